The molecule has 1 saturated heterocycles. The number of hydrogen-bond acceptors (Lipinski definition) is 4. The summed E-state index contributed by atoms with van der Waals surface area (Å²) >= 11 is 5.85. The van der Waals surface area contributed by atoms with Crippen molar-refractivity contribution in [1.29, 1.82) is 0 Å². The second-order valence-corrected chi connectivity index (χ2v) is 8.87. The van der Waals surface area contributed by atoms with E-state index in [1.807, 2.05) is 0 Å². The quantitative estimate of drug-likeness (QED) is 0.772. The molecular weight excluding hydrogens is 358 g/mol. The van der Waals surface area contributed by atoms with Gasteiger partial charge in [0.25, 0.3) is 0 Å². The summed E-state index contributed by atoms with van der Waals surface area (Å²) < 4.78 is 31.3. The van der Waals surface area contributed by atoms with Gasteiger partial charge in [0, 0.05) is 5.02 Å². The lowest BCUT2D eigenvalue weighted by Crippen LogP contribution is -2.39. The van der Waals surface area contributed by atoms with Crippen LogP contribution in [0.5, 0.6) is 11.5 Å². The molecule has 0 N–H and O–H groups in total. The van der Waals surface area contributed by atoms with E-state index in [1.54, 1.807) is 48.5 Å². The molecule has 0 aliphatic carbocycles. The van der Waals surface area contributed by atoms with E-state index >= 15 is 0 Å². The van der Waals surface area contributed by atoms with Crippen LogP contribution in [0.1, 0.15) is 19.8 Å². The van der Waals surface area contributed by atoms with Crippen LogP contribution in [0.2, 0.25) is 5.02 Å². The Labute approximate surface area is 154 Å². The lowest BCUT2D eigenvalue weighted by Gasteiger charge is -2.30. The van der Waals surface area contributed by atoms with Gasteiger partial charge in [0.2, 0.25) is 0 Å². The molecule has 0 saturated carbocycles. The maximum Gasteiger partial charge on any atom is 0.181 e. The minimum atomic E-state index is -3.29. The van der Waals surface area contributed by atoms with Crippen LogP contribution in [0.15, 0.2) is 53.4 Å². The molecule has 2 aromatic carbocycles. The van der Waals surface area contributed by atoms with Gasteiger partial charge in [0.1, 0.15) is 11.5 Å². The van der Waals surface area contributed by atoms with E-state index in [2.05, 4.69) is 11.8 Å². The highest BCUT2D eigenvalue weighted by atomic mass is 35.5. The number of benzene rings is 2. The van der Waals surface area contributed by atoms with E-state index in [0.717, 1.165) is 19.6 Å². The van der Waals surface area contributed by atoms with Crippen molar-refractivity contribution in [3.05, 3.63) is 53.6 Å². The van der Waals surface area contributed by atoms with Gasteiger partial charge < -0.3 is 9.64 Å². The highest BCUT2D eigenvalue weighted by Gasteiger charge is 2.30. The summed E-state index contributed by atoms with van der Waals surface area (Å²) in [6.45, 7) is 4.77. The van der Waals surface area contributed by atoms with Gasteiger partial charge in [-0.3, -0.25) is 0 Å². The third-order valence-corrected chi connectivity index (χ3v) is 7.15. The van der Waals surface area contributed by atoms with Crippen LogP contribution in [-0.4, -0.2) is 38.2 Å². The largest absolute Gasteiger partial charge is 0.457 e. The van der Waals surface area contributed by atoms with E-state index in [-0.39, 0.29) is 5.25 Å². The Morgan fingerprint density at radius 2 is 1.52 bits per heavy atom. The van der Waals surface area contributed by atoms with Crippen molar-refractivity contribution in [2.75, 3.05) is 19.6 Å². The molecular formula is C19H22ClNO3S. The van der Waals surface area contributed by atoms with Gasteiger partial charge in [-0.1, -0.05) is 18.5 Å². The molecule has 6 heteroatoms. The van der Waals surface area contributed by atoms with Crippen LogP contribution in [-0.2, 0) is 9.84 Å². The Balaban J connectivity index is 1.69. The number of likely N-dealkylation sites (tertiary alicyclic amines) is 1. The summed E-state index contributed by atoms with van der Waals surface area (Å²) in [5, 5.41) is 0.348. The number of halogens is 1. The first-order valence-electron chi connectivity index (χ1n) is 8.49. The number of ether oxygens (including phenoxy) is 1. The van der Waals surface area contributed by atoms with Gasteiger partial charge in [-0.15, -0.1) is 0 Å². The van der Waals surface area contributed by atoms with E-state index in [1.165, 1.54) is 0 Å². The van der Waals surface area contributed by atoms with Crippen molar-refractivity contribution in [3.8, 4) is 11.5 Å². The molecule has 3 rings (SSSR count). The fraction of sp³-hybridized carbons (Fsp3) is 0.368. The number of hydrogen-bond donors (Lipinski definition) is 0. The van der Waals surface area contributed by atoms with Crippen LogP contribution < -0.4 is 4.74 Å². The monoisotopic (exact) mass is 379 g/mol. The van der Waals surface area contributed by atoms with Crippen LogP contribution >= 0.6 is 11.6 Å². The van der Waals surface area contributed by atoms with Crippen molar-refractivity contribution in [3.63, 3.8) is 0 Å². The summed E-state index contributed by atoms with van der Waals surface area (Å²) in [6.07, 6.45) is 1.39. The predicted octanol–water partition coefficient (Wildman–Crippen LogP) is 4.39. The van der Waals surface area contributed by atoms with Crippen LogP contribution in [0, 0.1) is 0 Å². The Bertz CT molecular complexity index is 796. The molecule has 0 atom stereocenters. The van der Waals surface area contributed by atoms with Crippen molar-refractivity contribution in [2.24, 2.45) is 0 Å². The molecule has 0 amide bonds. The molecule has 1 aliphatic heterocycles. The number of nitrogens with zero attached hydrogens (tertiary/aromatic N) is 1. The van der Waals surface area contributed by atoms with Gasteiger partial charge in [0.15, 0.2) is 9.84 Å². The fourth-order valence-electron chi connectivity index (χ4n) is 3.06. The molecule has 1 heterocycles. The van der Waals surface area contributed by atoms with Crippen molar-refractivity contribution in [1.82, 2.24) is 4.90 Å². The van der Waals surface area contributed by atoms with Crippen LogP contribution in [0.3, 0.4) is 0 Å². The lowest BCUT2D eigenvalue weighted by atomic mass is 10.1. The highest BCUT2D eigenvalue weighted by Crippen LogP contribution is 2.28. The average molecular weight is 380 g/mol. The molecule has 0 radical (unpaired) electrons. The van der Waals surface area contributed by atoms with Gasteiger partial charge >= 0.3 is 0 Å². The second kappa shape index (κ2) is 7.77. The Morgan fingerprint density at radius 3 is 2.04 bits per heavy atom. The molecule has 0 bridgehead atoms. The molecule has 1 aliphatic rings. The van der Waals surface area contributed by atoms with E-state index in [4.69, 9.17) is 16.3 Å². The van der Waals surface area contributed by atoms with Gasteiger partial charge in [-0.2, -0.15) is 0 Å². The zero-order chi connectivity index (χ0) is 17.9. The van der Waals surface area contributed by atoms with Gasteiger partial charge in [-0.05, 0) is 81.0 Å². The average Bonchev–Trinajstić information content (AvgIpc) is 2.64. The predicted molar refractivity (Wildman–Crippen MR) is 100 cm³/mol. The smallest absolute Gasteiger partial charge is 0.181 e. The second-order valence-electron chi connectivity index (χ2n) is 6.21. The molecule has 134 valence electrons. The zero-order valence-corrected chi connectivity index (χ0v) is 15.8. The molecule has 0 unspecified atom stereocenters. The molecule has 0 aromatic heterocycles. The maximum absolute atomic E-state index is 12.8. The number of piperidine rings is 1. The molecule has 4 nitrogen and oxygen atoms in total. The molecule has 2 aromatic rings. The molecule has 25 heavy (non-hydrogen) atoms. The Hall–Kier alpha value is -1.56. The first-order chi connectivity index (χ1) is 12.0. The SMILES string of the molecule is CCN1CCC(S(=O)(=O)c2ccc(Oc3ccc(Cl)cc3)cc2)CC1. The summed E-state index contributed by atoms with van der Waals surface area (Å²) in [5.74, 6) is 1.26. The number of rotatable bonds is 5. The Morgan fingerprint density at radius 1 is 1.00 bits per heavy atom. The molecule has 0 spiro atoms. The standard InChI is InChI=1S/C19H22ClNO3S/c1-2-21-13-11-19(12-14-21)25(22,23)18-9-7-17(8-10-18)24-16-5-3-15(20)4-6-16/h3-10,19H,2,11-14H2,1H3. The van der Waals surface area contributed by atoms with E-state index < -0.39 is 9.84 Å². The maximum atomic E-state index is 12.8. The topological polar surface area (TPSA) is 46.6 Å². The summed E-state index contributed by atoms with van der Waals surface area (Å²) in [5.41, 5.74) is 0. The third-order valence-electron chi connectivity index (χ3n) is 4.62. The minimum Gasteiger partial charge on any atom is -0.457 e. The van der Waals surface area contributed by atoms with Crippen LogP contribution in [0.4, 0.5) is 0 Å². The van der Waals surface area contributed by atoms with E-state index in [0.29, 0.717) is 34.3 Å². The first kappa shape index (κ1) is 18.2. The molecule has 1 fully saturated rings. The van der Waals surface area contributed by atoms with Crippen molar-refractivity contribution < 1.29 is 13.2 Å². The van der Waals surface area contributed by atoms with Crippen molar-refractivity contribution >= 4 is 21.4 Å². The summed E-state index contributed by atoms with van der Waals surface area (Å²) in [6, 6.07) is 13.7. The van der Waals surface area contributed by atoms with Gasteiger partial charge in [-0.25, -0.2) is 8.42 Å². The summed E-state index contributed by atoms with van der Waals surface area (Å²) in [7, 11) is -3.29. The van der Waals surface area contributed by atoms with E-state index in [9.17, 15) is 8.42 Å². The summed E-state index contributed by atoms with van der Waals surface area (Å²) in [4.78, 5) is 2.65. The minimum absolute atomic E-state index is 0.293. The van der Waals surface area contributed by atoms with Crippen molar-refractivity contribution in [2.45, 2.75) is 29.9 Å². The zero-order valence-electron chi connectivity index (χ0n) is 14.2. The normalized spacial score (nSPS) is 16.7. The first-order valence-corrected chi connectivity index (χ1v) is 10.4. The van der Waals surface area contributed by atoms with Crippen LogP contribution in [0.25, 0.3) is 0 Å². The third kappa shape index (κ3) is 4.35. The van der Waals surface area contributed by atoms with Gasteiger partial charge in [0.05, 0.1) is 10.1 Å². The highest BCUT2D eigenvalue weighted by molar-refractivity contribution is 7.92. The fourth-order valence-corrected chi connectivity index (χ4v) is 4.92. The Kier molecular flexibility index (Phi) is 5.67. The number of sulfone groups is 1. The lowest BCUT2D eigenvalue weighted by molar-refractivity contribution is 0.241.